The highest BCUT2D eigenvalue weighted by atomic mass is 16.5. The molecule has 2 N–H and O–H groups in total. The van der Waals surface area contributed by atoms with Gasteiger partial charge in [-0.1, -0.05) is 0 Å². The molecule has 24 heavy (non-hydrogen) atoms. The lowest BCUT2D eigenvalue weighted by Gasteiger charge is -2.32. The highest BCUT2D eigenvalue weighted by molar-refractivity contribution is 5.98. The Balaban J connectivity index is 1.76. The van der Waals surface area contributed by atoms with Gasteiger partial charge in [0.2, 0.25) is 0 Å². The van der Waals surface area contributed by atoms with Gasteiger partial charge < -0.3 is 24.5 Å². The first-order valence-electron chi connectivity index (χ1n) is 7.95. The van der Waals surface area contributed by atoms with Crippen molar-refractivity contribution in [1.29, 1.82) is 0 Å². The maximum absolute atomic E-state index is 12.7. The zero-order chi connectivity index (χ0) is 17.1. The van der Waals surface area contributed by atoms with Gasteiger partial charge in [-0.2, -0.15) is 0 Å². The van der Waals surface area contributed by atoms with Crippen LogP contribution in [0.2, 0.25) is 0 Å². The summed E-state index contributed by atoms with van der Waals surface area (Å²) in [7, 11) is 0. The lowest BCUT2D eigenvalue weighted by atomic mass is 10.2. The lowest BCUT2D eigenvalue weighted by molar-refractivity contribution is -0.141. The molecule has 2 heterocycles. The smallest absolute Gasteiger partial charge is 0.306 e. The van der Waals surface area contributed by atoms with Gasteiger partial charge in [0, 0.05) is 30.1 Å². The second kappa shape index (κ2) is 6.92. The summed E-state index contributed by atoms with van der Waals surface area (Å²) in [6.07, 6.45) is -0.567. The molecular formula is C17H20N2O5. The quantitative estimate of drug-likeness (QED) is 0.872. The molecule has 1 amide bonds. The van der Waals surface area contributed by atoms with Gasteiger partial charge in [0.15, 0.2) is 0 Å². The van der Waals surface area contributed by atoms with Crippen LogP contribution in [-0.2, 0) is 9.53 Å². The van der Waals surface area contributed by atoms with Crippen molar-refractivity contribution in [2.45, 2.75) is 19.4 Å². The summed E-state index contributed by atoms with van der Waals surface area (Å²) in [5.74, 6) is -0.329. The Bertz CT molecular complexity index is 755. The second-order valence-corrected chi connectivity index (χ2v) is 5.71. The fraction of sp³-hybridized carbons (Fsp3) is 0.412. The van der Waals surface area contributed by atoms with E-state index in [1.807, 2.05) is 25.1 Å². The van der Waals surface area contributed by atoms with Crippen molar-refractivity contribution in [3.05, 3.63) is 30.0 Å². The van der Waals surface area contributed by atoms with Gasteiger partial charge in [-0.15, -0.1) is 0 Å². The number of ether oxygens (including phenoxy) is 2. The number of rotatable bonds is 5. The summed E-state index contributed by atoms with van der Waals surface area (Å²) in [6, 6.07) is 7.43. The van der Waals surface area contributed by atoms with Gasteiger partial charge in [-0.05, 0) is 25.1 Å². The highest BCUT2D eigenvalue weighted by Gasteiger charge is 2.27. The number of carbonyl (C=O) groups is 2. The molecule has 2 aromatic rings. The van der Waals surface area contributed by atoms with E-state index in [9.17, 15) is 9.59 Å². The molecule has 1 aromatic heterocycles. The number of nitrogens with one attached hydrogen (secondary N) is 1. The zero-order valence-electron chi connectivity index (χ0n) is 13.4. The summed E-state index contributed by atoms with van der Waals surface area (Å²) in [5.41, 5.74) is 1.31. The van der Waals surface area contributed by atoms with Crippen molar-refractivity contribution >= 4 is 22.8 Å². The summed E-state index contributed by atoms with van der Waals surface area (Å²) < 4.78 is 10.9. The number of amides is 1. The molecule has 1 fully saturated rings. The van der Waals surface area contributed by atoms with Crippen molar-refractivity contribution in [3.63, 3.8) is 0 Å². The zero-order valence-corrected chi connectivity index (χ0v) is 13.4. The van der Waals surface area contributed by atoms with Crippen LogP contribution in [-0.4, -0.2) is 59.3 Å². The van der Waals surface area contributed by atoms with Crippen molar-refractivity contribution in [3.8, 4) is 5.75 Å². The van der Waals surface area contributed by atoms with E-state index in [2.05, 4.69) is 4.98 Å². The first kappa shape index (κ1) is 16.3. The van der Waals surface area contributed by atoms with Crippen LogP contribution >= 0.6 is 0 Å². The van der Waals surface area contributed by atoms with Crippen LogP contribution in [0.5, 0.6) is 5.75 Å². The molecule has 128 valence electrons. The molecule has 7 heteroatoms. The van der Waals surface area contributed by atoms with E-state index >= 15 is 0 Å². The predicted octanol–water partition coefficient (Wildman–Crippen LogP) is 1.88. The SMILES string of the molecule is CCOc1ccc2cc(C(=O)N3CCO[C@H](CC(=O)O)C3)[nH]c2c1. The van der Waals surface area contributed by atoms with Crippen molar-refractivity contribution in [1.82, 2.24) is 9.88 Å². The van der Waals surface area contributed by atoms with Crippen LogP contribution in [0.4, 0.5) is 0 Å². The lowest BCUT2D eigenvalue weighted by Crippen LogP contribution is -2.46. The Morgan fingerprint density at radius 1 is 1.42 bits per heavy atom. The number of carbonyl (C=O) groups excluding carboxylic acids is 1. The number of aromatic nitrogens is 1. The minimum atomic E-state index is -0.927. The molecule has 7 nitrogen and oxygen atoms in total. The van der Waals surface area contributed by atoms with Gasteiger partial charge >= 0.3 is 5.97 Å². The van der Waals surface area contributed by atoms with Crippen LogP contribution in [0.15, 0.2) is 24.3 Å². The topological polar surface area (TPSA) is 91.9 Å². The molecule has 0 aliphatic carbocycles. The average Bonchev–Trinajstić information content (AvgIpc) is 2.97. The van der Waals surface area contributed by atoms with Gasteiger partial charge in [-0.3, -0.25) is 9.59 Å². The molecule has 1 aliphatic rings. The van der Waals surface area contributed by atoms with E-state index in [4.69, 9.17) is 14.6 Å². The predicted molar refractivity (Wildman–Crippen MR) is 87.4 cm³/mol. The van der Waals surface area contributed by atoms with Crippen LogP contribution in [0.1, 0.15) is 23.8 Å². The molecule has 0 spiro atoms. The number of hydrogen-bond acceptors (Lipinski definition) is 4. The van der Waals surface area contributed by atoms with E-state index < -0.39 is 12.1 Å². The maximum Gasteiger partial charge on any atom is 0.306 e. The molecule has 3 rings (SSSR count). The molecule has 1 aliphatic heterocycles. The number of benzene rings is 1. The van der Waals surface area contributed by atoms with Gasteiger partial charge in [-0.25, -0.2) is 0 Å². The molecule has 0 bridgehead atoms. The van der Waals surface area contributed by atoms with E-state index in [0.717, 1.165) is 16.7 Å². The fourth-order valence-electron chi connectivity index (χ4n) is 2.87. The summed E-state index contributed by atoms with van der Waals surface area (Å²) in [6.45, 7) is 3.58. The fourth-order valence-corrected chi connectivity index (χ4v) is 2.87. The minimum Gasteiger partial charge on any atom is -0.494 e. The van der Waals surface area contributed by atoms with E-state index in [0.29, 0.717) is 25.5 Å². The number of carboxylic acids is 1. The molecule has 1 aromatic carbocycles. The van der Waals surface area contributed by atoms with Crippen molar-refractivity contribution < 1.29 is 24.2 Å². The third-order valence-corrected chi connectivity index (χ3v) is 3.96. The number of nitrogens with zero attached hydrogens (tertiary/aromatic N) is 1. The number of hydrogen-bond donors (Lipinski definition) is 2. The Morgan fingerprint density at radius 3 is 3.00 bits per heavy atom. The number of aromatic amines is 1. The molecule has 1 atom stereocenters. The third-order valence-electron chi connectivity index (χ3n) is 3.96. The minimum absolute atomic E-state index is 0.103. The standard InChI is InChI=1S/C17H20N2O5/c1-2-23-12-4-3-11-7-15(18-14(11)8-12)17(22)19-5-6-24-13(10-19)9-16(20)21/h3-4,7-8,13,18H,2,5-6,9-10H2,1H3,(H,20,21)/t13-/m1/s1. The second-order valence-electron chi connectivity index (χ2n) is 5.71. The first-order chi connectivity index (χ1) is 11.6. The molecule has 0 radical (unpaired) electrons. The van der Waals surface area contributed by atoms with Gasteiger partial charge in [0.1, 0.15) is 11.4 Å². The highest BCUT2D eigenvalue weighted by Crippen LogP contribution is 2.23. The number of fused-ring (bicyclic) bond motifs is 1. The van der Waals surface area contributed by atoms with E-state index in [1.165, 1.54) is 0 Å². The van der Waals surface area contributed by atoms with E-state index in [-0.39, 0.29) is 18.9 Å². The van der Waals surface area contributed by atoms with Crippen molar-refractivity contribution in [2.75, 3.05) is 26.3 Å². The third kappa shape index (κ3) is 3.51. The molecule has 1 saturated heterocycles. The summed E-state index contributed by atoms with van der Waals surface area (Å²) >= 11 is 0. The Morgan fingerprint density at radius 2 is 2.25 bits per heavy atom. The van der Waals surface area contributed by atoms with Gasteiger partial charge in [0.25, 0.3) is 5.91 Å². The number of H-pyrrole nitrogens is 1. The van der Waals surface area contributed by atoms with Crippen LogP contribution < -0.4 is 4.74 Å². The average molecular weight is 332 g/mol. The van der Waals surface area contributed by atoms with Gasteiger partial charge in [0.05, 0.1) is 25.7 Å². The molecule has 0 saturated carbocycles. The summed E-state index contributed by atoms with van der Waals surface area (Å²) in [4.78, 5) is 28.2. The number of aliphatic carboxylic acids is 1. The van der Waals surface area contributed by atoms with Crippen LogP contribution in [0.25, 0.3) is 10.9 Å². The first-order valence-corrected chi connectivity index (χ1v) is 7.95. The molecule has 0 unspecified atom stereocenters. The van der Waals surface area contributed by atoms with Crippen LogP contribution in [0, 0.1) is 0 Å². The normalized spacial score (nSPS) is 17.9. The Labute approximate surface area is 139 Å². The van der Waals surface area contributed by atoms with Crippen LogP contribution in [0.3, 0.4) is 0 Å². The Hall–Kier alpha value is -2.54. The van der Waals surface area contributed by atoms with Crippen molar-refractivity contribution in [2.24, 2.45) is 0 Å². The Kier molecular flexibility index (Phi) is 4.71. The largest absolute Gasteiger partial charge is 0.494 e. The molecular weight excluding hydrogens is 312 g/mol. The maximum atomic E-state index is 12.7. The monoisotopic (exact) mass is 332 g/mol. The summed E-state index contributed by atoms with van der Waals surface area (Å²) in [5, 5.41) is 9.80. The number of morpholine rings is 1. The number of carboxylic acid groups (broad SMARTS) is 1. The van der Waals surface area contributed by atoms with E-state index in [1.54, 1.807) is 11.0 Å².